The number of fused-ring (bicyclic) bond motifs is 2. The van der Waals surface area contributed by atoms with Crippen molar-refractivity contribution in [3.63, 3.8) is 0 Å². The Morgan fingerprint density at radius 1 is 1.12 bits per heavy atom. The lowest BCUT2D eigenvalue weighted by Crippen LogP contribution is -2.44. The molecule has 2 heterocycles. The summed E-state index contributed by atoms with van der Waals surface area (Å²) < 4.78 is 1.96. The number of likely N-dealkylation sites (tertiary alicyclic amines) is 1. The molecular weight excluding hydrogens is 420 g/mol. The van der Waals surface area contributed by atoms with E-state index in [1.807, 2.05) is 30.7 Å². The summed E-state index contributed by atoms with van der Waals surface area (Å²) in [6, 6.07) is 15.1. The predicted molar refractivity (Wildman–Crippen MR) is 139 cm³/mol. The van der Waals surface area contributed by atoms with Crippen LogP contribution in [-0.2, 0) is 6.42 Å². The van der Waals surface area contributed by atoms with Crippen molar-refractivity contribution in [1.29, 1.82) is 0 Å². The van der Waals surface area contributed by atoms with Crippen LogP contribution in [0.25, 0.3) is 10.9 Å². The third kappa shape index (κ3) is 3.76. The van der Waals surface area contributed by atoms with Crippen LogP contribution in [0, 0.1) is 18.8 Å². The number of hydrogen-bond donors (Lipinski definition) is 1. The van der Waals surface area contributed by atoms with Crippen LogP contribution < -0.4 is 5.43 Å². The summed E-state index contributed by atoms with van der Waals surface area (Å²) >= 11 is 0. The molecule has 0 spiro atoms. The number of benzene rings is 2. The van der Waals surface area contributed by atoms with E-state index in [1.54, 1.807) is 4.90 Å². The molecule has 3 aromatic rings. The molecule has 5 rings (SSSR count). The SMILES string of the molecule is CCN(CC)C(=O)Nn1c(C#Cc2ccccc2C)c2c3c(cccc31)[C@H]1CCCN(C)[C@@H]1C2. The molecule has 0 saturated carbocycles. The van der Waals surface area contributed by atoms with Gasteiger partial charge in [0.15, 0.2) is 0 Å². The average Bonchev–Trinajstić information content (AvgIpc) is 3.13. The molecule has 2 aliphatic rings. The molecule has 5 heteroatoms. The van der Waals surface area contributed by atoms with Crippen LogP contribution in [0.5, 0.6) is 0 Å². The summed E-state index contributed by atoms with van der Waals surface area (Å²) in [6.45, 7) is 8.57. The van der Waals surface area contributed by atoms with E-state index in [1.165, 1.54) is 29.4 Å². The van der Waals surface area contributed by atoms with Crippen molar-refractivity contribution in [3.05, 3.63) is 70.4 Å². The largest absolute Gasteiger partial charge is 0.336 e. The van der Waals surface area contributed by atoms with Crippen LogP contribution in [-0.4, -0.2) is 53.2 Å². The number of nitrogens with zero attached hydrogens (tertiary/aromatic N) is 3. The minimum atomic E-state index is -0.0911. The number of carbonyl (C=O) groups excluding carboxylic acids is 1. The quantitative estimate of drug-likeness (QED) is 0.560. The molecule has 176 valence electrons. The number of carbonyl (C=O) groups is 1. The third-order valence-corrected chi connectivity index (χ3v) is 7.71. The van der Waals surface area contributed by atoms with Gasteiger partial charge >= 0.3 is 6.03 Å². The second-order valence-corrected chi connectivity index (χ2v) is 9.56. The van der Waals surface area contributed by atoms with Crippen molar-refractivity contribution in [2.75, 3.05) is 32.1 Å². The Hall–Kier alpha value is -3.23. The number of rotatable bonds is 3. The van der Waals surface area contributed by atoms with Gasteiger partial charge in [0, 0.05) is 36.0 Å². The number of aromatic nitrogens is 1. The Balaban J connectivity index is 1.71. The summed E-state index contributed by atoms with van der Waals surface area (Å²) in [5.74, 6) is 7.43. The first kappa shape index (κ1) is 22.6. The van der Waals surface area contributed by atoms with Crippen LogP contribution in [0.15, 0.2) is 42.5 Å². The predicted octanol–water partition coefficient (Wildman–Crippen LogP) is 5.09. The van der Waals surface area contributed by atoms with E-state index in [9.17, 15) is 4.79 Å². The smallest absolute Gasteiger partial charge is 0.324 e. The van der Waals surface area contributed by atoms with Gasteiger partial charge in [0.05, 0.1) is 5.52 Å². The fourth-order valence-electron chi connectivity index (χ4n) is 5.81. The van der Waals surface area contributed by atoms with Crippen molar-refractivity contribution in [2.45, 2.75) is 52.0 Å². The van der Waals surface area contributed by atoms with E-state index in [4.69, 9.17) is 0 Å². The van der Waals surface area contributed by atoms with Gasteiger partial charge in [-0.3, -0.25) is 0 Å². The lowest BCUT2D eigenvalue weighted by molar-refractivity contribution is 0.157. The molecule has 0 radical (unpaired) electrons. The highest BCUT2D eigenvalue weighted by Crippen LogP contribution is 2.44. The number of aryl methyl sites for hydroxylation is 1. The van der Waals surface area contributed by atoms with Crippen LogP contribution in [0.2, 0.25) is 0 Å². The molecule has 1 aliphatic heterocycles. The molecule has 1 fully saturated rings. The third-order valence-electron chi connectivity index (χ3n) is 7.71. The van der Waals surface area contributed by atoms with E-state index in [-0.39, 0.29) is 6.03 Å². The lowest BCUT2D eigenvalue weighted by Gasteiger charge is -2.42. The highest BCUT2D eigenvalue weighted by Gasteiger charge is 2.38. The molecule has 2 atom stereocenters. The maximum absolute atomic E-state index is 13.1. The van der Waals surface area contributed by atoms with Gasteiger partial charge in [-0.15, -0.1) is 0 Å². The number of amides is 2. The van der Waals surface area contributed by atoms with Gasteiger partial charge in [0.1, 0.15) is 5.69 Å². The second kappa shape index (κ2) is 9.19. The number of piperidine rings is 1. The van der Waals surface area contributed by atoms with Crippen molar-refractivity contribution in [1.82, 2.24) is 14.5 Å². The van der Waals surface area contributed by atoms with Gasteiger partial charge in [-0.05, 0) is 88.4 Å². The first-order chi connectivity index (χ1) is 16.5. The number of urea groups is 1. The number of likely N-dealkylation sites (N-methyl/N-ethyl adjacent to an activating group) is 1. The minimum Gasteiger partial charge on any atom is -0.324 e. The number of hydrogen-bond acceptors (Lipinski definition) is 2. The first-order valence-corrected chi connectivity index (χ1v) is 12.5. The van der Waals surface area contributed by atoms with E-state index in [0.29, 0.717) is 25.0 Å². The van der Waals surface area contributed by atoms with Crippen molar-refractivity contribution in [3.8, 4) is 11.8 Å². The van der Waals surface area contributed by atoms with Crippen molar-refractivity contribution in [2.24, 2.45) is 0 Å². The van der Waals surface area contributed by atoms with Gasteiger partial charge in [0.2, 0.25) is 0 Å². The molecule has 1 aliphatic carbocycles. The Morgan fingerprint density at radius 3 is 2.68 bits per heavy atom. The molecule has 5 nitrogen and oxygen atoms in total. The first-order valence-electron chi connectivity index (χ1n) is 12.5. The average molecular weight is 455 g/mol. The lowest BCUT2D eigenvalue weighted by atomic mass is 9.75. The zero-order valence-corrected chi connectivity index (χ0v) is 20.7. The summed E-state index contributed by atoms with van der Waals surface area (Å²) in [7, 11) is 2.25. The zero-order valence-electron chi connectivity index (χ0n) is 20.7. The summed E-state index contributed by atoms with van der Waals surface area (Å²) in [6.07, 6.45) is 3.40. The van der Waals surface area contributed by atoms with Gasteiger partial charge < -0.3 is 9.80 Å². The normalized spacial score (nSPS) is 19.3. The highest BCUT2D eigenvalue weighted by molar-refractivity contribution is 5.94. The van der Waals surface area contributed by atoms with E-state index in [2.05, 4.69) is 66.5 Å². The van der Waals surface area contributed by atoms with Crippen molar-refractivity contribution < 1.29 is 4.79 Å². The summed E-state index contributed by atoms with van der Waals surface area (Å²) in [5, 5.41) is 1.29. The van der Waals surface area contributed by atoms with Gasteiger partial charge in [-0.2, -0.15) is 0 Å². The van der Waals surface area contributed by atoms with Crippen LogP contribution in [0.4, 0.5) is 4.79 Å². The van der Waals surface area contributed by atoms with Gasteiger partial charge in [0.25, 0.3) is 0 Å². The summed E-state index contributed by atoms with van der Waals surface area (Å²) in [5.41, 5.74) is 10.0. The summed E-state index contributed by atoms with van der Waals surface area (Å²) in [4.78, 5) is 17.5. The molecule has 1 aromatic heterocycles. The Labute approximate surface area is 202 Å². The van der Waals surface area contributed by atoms with E-state index in [0.717, 1.165) is 35.3 Å². The van der Waals surface area contributed by atoms with Crippen LogP contribution >= 0.6 is 0 Å². The Morgan fingerprint density at radius 2 is 1.91 bits per heavy atom. The number of nitrogens with one attached hydrogen (secondary N) is 1. The molecule has 1 N–H and O–H groups in total. The van der Waals surface area contributed by atoms with E-state index >= 15 is 0 Å². The molecule has 0 bridgehead atoms. The van der Waals surface area contributed by atoms with Crippen LogP contribution in [0.3, 0.4) is 0 Å². The topological polar surface area (TPSA) is 40.5 Å². The molecule has 2 aromatic carbocycles. The Bertz CT molecular complexity index is 1290. The van der Waals surface area contributed by atoms with Crippen molar-refractivity contribution >= 4 is 16.9 Å². The van der Waals surface area contributed by atoms with E-state index < -0.39 is 0 Å². The highest BCUT2D eigenvalue weighted by atomic mass is 16.2. The standard InChI is InChI=1S/C29H34N4O/c1-5-32(6-2)29(34)30-33-25(17-16-21-12-8-7-11-20(21)3)24-19-27-22(14-10-18-31(27)4)23-13-9-15-26(33)28(23)24/h7-9,11-13,15,22,27H,5-6,10,14,18-19H2,1-4H3,(H,30,34)/t22-,27-/m1/s1. The van der Waals surface area contributed by atoms with Gasteiger partial charge in [-0.25, -0.2) is 14.9 Å². The monoisotopic (exact) mass is 454 g/mol. The second-order valence-electron chi connectivity index (χ2n) is 9.56. The van der Waals surface area contributed by atoms with Gasteiger partial charge in [-0.1, -0.05) is 36.3 Å². The minimum absolute atomic E-state index is 0.0911. The maximum Gasteiger partial charge on any atom is 0.336 e. The molecule has 34 heavy (non-hydrogen) atoms. The maximum atomic E-state index is 13.1. The van der Waals surface area contributed by atoms with Crippen LogP contribution in [0.1, 0.15) is 60.6 Å². The molecule has 2 amide bonds. The fraction of sp³-hybridized carbons (Fsp3) is 0.414. The zero-order chi connectivity index (χ0) is 23.8. The fourth-order valence-corrected chi connectivity index (χ4v) is 5.81. The molecular formula is C29H34N4O. The molecule has 0 unspecified atom stereocenters. The Kier molecular flexibility index (Phi) is 6.10. The molecule has 1 saturated heterocycles.